The highest BCUT2D eigenvalue weighted by Crippen LogP contribution is 2.44. The summed E-state index contributed by atoms with van der Waals surface area (Å²) in [4.78, 5) is 23.2. The molecule has 2 aromatic carbocycles. The Morgan fingerprint density at radius 1 is 1.03 bits per heavy atom. The van der Waals surface area contributed by atoms with Gasteiger partial charge in [0.1, 0.15) is 18.0 Å². The summed E-state index contributed by atoms with van der Waals surface area (Å²) in [6.45, 7) is 3.49. The summed E-state index contributed by atoms with van der Waals surface area (Å²) in [5, 5.41) is 11.9. The number of nitrogens with zero attached hydrogens (tertiary/aromatic N) is 1. The molecule has 1 N–H and O–H groups in total. The Balaban J connectivity index is 1.77. The molecule has 0 spiro atoms. The van der Waals surface area contributed by atoms with Crippen LogP contribution in [0.3, 0.4) is 0 Å². The van der Waals surface area contributed by atoms with Crippen LogP contribution >= 0.6 is 0 Å². The number of benzene rings is 2. The van der Waals surface area contributed by atoms with Gasteiger partial charge in [-0.05, 0) is 23.6 Å². The summed E-state index contributed by atoms with van der Waals surface area (Å²) < 4.78 is 11.8. The number of hydrogen-bond donors (Lipinski definition) is 1. The smallest absolute Gasteiger partial charge is 0.308 e. The lowest BCUT2D eigenvalue weighted by Crippen LogP contribution is -2.57. The molecule has 0 radical (unpaired) electrons. The van der Waals surface area contributed by atoms with E-state index in [2.05, 4.69) is 7.05 Å². The first-order valence-electron chi connectivity index (χ1n) is 10.2. The van der Waals surface area contributed by atoms with Crippen LogP contribution in [-0.4, -0.2) is 46.8 Å². The first-order chi connectivity index (χ1) is 13.8. The normalized spacial score (nSPS) is 28.3. The molecule has 2 aromatic rings. The van der Waals surface area contributed by atoms with E-state index in [0.29, 0.717) is 23.6 Å². The first kappa shape index (κ1) is 19.9. The molecular formula is C23H28NO5+. The molecule has 2 saturated heterocycles. The molecule has 2 atom stereocenters. The van der Waals surface area contributed by atoms with Crippen molar-refractivity contribution in [3.8, 4) is 11.5 Å². The predicted octanol–water partition coefficient (Wildman–Crippen LogP) is 3.32. The average Bonchev–Trinajstić information content (AvgIpc) is 2.79. The van der Waals surface area contributed by atoms with Crippen LogP contribution in [0.1, 0.15) is 45.1 Å². The zero-order chi connectivity index (χ0) is 20.8. The Morgan fingerprint density at radius 3 is 2.28 bits per heavy atom. The summed E-state index contributed by atoms with van der Waals surface area (Å²) in [6, 6.07) is 10.2. The van der Waals surface area contributed by atoms with Crippen LogP contribution in [0, 0.1) is 0 Å². The van der Waals surface area contributed by atoms with Crippen LogP contribution in [0.15, 0.2) is 30.3 Å². The monoisotopic (exact) mass is 398 g/mol. The second-order valence-corrected chi connectivity index (χ2v) is 8.64. The number of rotatable bonds is 4. The summed E-state index contributed by atoms with van der Waals surface area (Å²) in [5.74, 6) is 0.193. The number of hydrogen-bond acceptors (Lipinski definition) is 5. The number of quaternary nitrogens is 1. The quantitative estimate of drug-likeness (QED) is 0.486. The molecule has 0 saturated carbocycles. The fourth-order valence-electron chi connectivity index (χ4n) is 5.28. The zero-order valence-electron chi connectivity index (χ0n) is 17.2. The van der Waals surface area contributed by atoms with Crippen LogP contribution in [0.25, 0.3) is 10.8 Å². The summed E-state index contributed by atoms with van der Waals surface area (Å²) >= 11 is 0. The Labute approximate surface area is 170 Å². The molecule has 6 nitrogen and oxygen atoms in total. The lowest BCUT2D eigenvalue weighted by molar-refractivity contribution is -0.961. The number of carbonyl (C=O) groups is 2. The van der Waals surface area contributed by atoms with Crippen molar-refractivity contribution in [3.05, 3.63) is 35.9 Å². The van der Waals surface area contributed by atoms with Crippen LogP contribution < -0.4 is 9.47 Å². The number of fused-ring (bicyclic) bond motifs is 3. The summed E-state index contributed by atoms with van der Waals surface area (Å²) in [6.07, 6.45) is 3.66. The van der Waals surface area contributed by atoms with Gasteiger partial charge in [-0.25, -0.2) is 0 Å². The second-order valence-electron chi connectivity index (χ2n) is 8.64. The maximum atomic E-state index is 11.8. The van der Waals surface area contributed by atoms with Crippen molar-refractivity contribution in [2.75, 3.05) is 7.05 Å². The van der Waals surface area contributed by atoms with E-state index in [4.69, 9.17) is 9.47 Å². The second kappa shape index (κ2) is 7.43. The van der Waals surface area contributed by atoms with Gasteiger partial charge in [-0.15, -0.1) is 0 Å². The number of esters is 2. The summed E-state index contributed by atoms with van der Waals surface area (Å²) in [7, 11) is 2.26. The van der Waals surface area contributed by atoms with Crippen molar-refractivity contribution < 1.29 is 28.7 Å². The molecule has 2 heterocycles. The molecule has 2 aliphatic heterocycles. The highest BCUT2D eigenvalue weighted by molar-refractivity contribution is 5.92. The average molecular weight is 398 g/mol. The van der Waals surface area contributed by atoms with Crippen molar-refractivity contribution in [2.45, 2.75) is 64.3 Å². The number of aliphatic hydroxyl groups excluding tert-OH is 1. The molecule has 0 amide bonds. The van der Waals surface area contributed by atoms with Crippen LogP contribution in [0.4, 0.5) is 0 Å². The van der Waals surface area contributed by atoms with Crippen molar-refractivity contribution in [1.29, 1.82) is 0 Å². The molecule has 2 aliphatic rings. The SMILES string of the molecule is CC(=O)Oc1cc2c(OC(C)=O)cccc2cc1C[N+]1(C)C2CCC1CC(O)C2. The van der Waals surface area contributed by atoms with Gasteiger partial charge in [-0.1, -0.05) is 12.1 Å². The van der Waals surface area contributed by atoms with Crippen molar-refractivity contribution >= 4 is 22.7 Å². The van der Waals surface area contributed by atoms with Gasteiger partial charge >= 0.3 is 11.9 Å². The molecule has 2 fully saturated rings. The van der Waals surface area contributed by atoms with Crippen LogP contribution in [0.2, 0.25) is 0 Å². The minimum Gasteiger partial charge on any atom is -0.426 e. The predicted molar refractivity (Wildman–Crippen MR) is 109 cm³/mol. The van der Waals surface area contributed by atoms with Gasteiger partial charge in [-0.2, -0.15) is 0 Å². The van der Waals surface area contributed by atoms with Gasteiger partial charge in [0, 0.05) is 50.5 Å². The van der Waals surface area contributed by atoms with Gasteiger partial charge in [0.25, 0.3) is 0 Å². The van der Waals surface area contributed by atoms with E-state index < -0.39 is 5.97 Å². The number of ether oxygens (including phenoxy) is 2. The Hall–Kier alpha value is -2.44. The van der Waals surface area contributed by atoms with E-state index in [1.165, 1.54) is 13.8 Å². The van der Waals surface area contributed by atoms with Crippen molar-refractivity contribution in [3.63, 3.8) is 0 Å². The molecular weight excluding hydrogens is 370 g/mol. The zero-order valence-corrected chi connectivity index (χ0v) is 17.2. The molecule has 6 heteroatoms. The Kier molecular flexibility index (Phi) is 5.09. The molecule has 29 heavy (non-hydrogen) atoms. The summed E-state index contributed by atoms with van der Waals surface area (Å²) in [5.41, 5.74) is 0.962. The third kappa shape index (κ3) is 3.74. The maximum absolute atomic E-state index is 11.8. The maximum Gasteiger partial charge on any atom is 0.308 e. The molecule has 4 rings (SSSR count). The van der Waals surface area contributed by atoms with Crippen molar-refractivity contribution in [2.24, 2.45) is 0 Å². The third-order valence-corrected chi connectivity index (χ3v) is 6.63. The van der Waals surface area contributed by atoms with E-state index in [1.807, 2.05) is 18.2 Å². The molecule has 2 unspecified atom stereocenters. The van der Waals surface area contributed by atoms with Gasteiger partial charge in [0.15, 0.2) is 0 Å². The number of piperidine rings is 1. The van der Waals surface area contributed by atoms with Crippen LogP contribution in [-0.2, 0) is 16.1 Å². The Morgan fingerprint density at radius 2 is 1.66 bits per heavy atom. The van der Waals surface area contributed by atoms with E-state index in [-0.39, 0.29) is 12.1 Å². The van der Waals surface area contributed by atoms with Crippen molar-refractivity contribution in [1.82, 2.24) is 0 Å². The van der Waals surface area contributed by atoms with E-state index in [0.717, 1.165) is 53.0 Å². The number of aliphatic hydroxyl groups is 1. The minimum atomic E-state index is -0.392. The highest BCUT2D eigenvalue weighted by atomic mass is 16.5. The van der Waals surface area contributed by atoms with E-state index in [9.17, 15) is 14.7 Å². The molecule has 154 valence electrons. The van der Waals surface area contributed by atoms with Gasteiger partial charge < -0.3 is 19.1 Å². The fraction of sp³-hybridized carbons (Fsp3) is 0.478. The third-order valence-electron chi connectivity index (χ3n) is 6.63. The van der Waals surface area contributed by atoms with Crippen LogP contribution in [0.5, 0.6) is 11.5 Å². The highest BCUT2D eigenvalue weighted by Gasteiger charge is 2.51. The fourth-order valence-corrected chi connectivity index (χ4v) is 5.28. The Bertz CT molecular complexity index is 955. The lowest BCUT2D eigenvalue weighted by atomic mass is 9.95. The van der Waals surface area contributed by atoms with Gasteiger partial charge in [0.05, 0.1) is 25.2 Å². The topological polar surface area (TPSA) is 72.8 Å². The molecule has 0 aromatic heterocycles. The van der Waals surface area contributed by atoms with E-state index >= 15 is 0 Å². The van der Waals surface area contributed by atoms with E-state index in [1.54, 1.807) is 12.1 Å². The molecule has 0 aliphatic carbocycles. The first-order valence-corrected chi connectivity index (χ1v) is 10.2. The largest absolute Gasteiger partial charge is 0.426 e. The minimum absolute atomic E-state index is 0.213. The standard InChI is InChI=1S/C23H28NO5/c1-14(25)28-22-6-4-5-16-9-17(23(12-21(16)22)29-15(2)26)13-24(3)18-7-8-19(24)11-20(27)10-18/h4-6,9,12,18-20,27H,7-8,10-11,13H2,1-3H3/q+1. The number of carbonyl (C=O) groups excluding carboxylic acids is 2. The molecule has 2 bridgehead atoms. The van der Waals surface area contributed by atoms with Gasteiger partial charge in [0.2, 0.25) is 0 Å². The lowest BCUT2D eigenvalue weighted by Gasteiger charge is -2.46. The van der Waals surface area contributed by atoms with Gasteiger partial charge in [-0.3, -0.25) is 9.59 Å².